The maximum Gasteiger partial charge on any atom is 0.407 e. The fraction of sp³-hybridized carbons (Fsp3) is 0.426. The number of anilines is 2. The zero-order chi connectivity index (χ0) is 66.6. The van der Waals surface area contributed by atoms with Crippen molar-refractivity contribution in [3.05, 3.63) is 142 Å². The van der Waals surface area contributed by atoms with Gasteiger partial charge in [0.05, 0.1) is 0 Å². The van der Waals surface area contributed by atoms with E-state index in [1.807, 2.05) is 93.6 Å². The number of rotatable bonds is 23. The number of alkyl carbamates (subject to hydrolysis) is 1. The van der Waals surface area contributed by atoms with E-state index in [1.165, 1.54) is 19.3 Å². The van der Waals surface area contributed by atoms with Gasteiger partial charge in [0.1, 0.15) is 17.7 Å². The van der Waals surface area contributed by atoms with Gasteiger partial charge in [0, 0.05) is 83.4 Å². The van der Waals surface area contributed by atoms with Gasteiger partial charge in [-0.05, 0) is 215 Å². The van der Waals surface area contributed by atoms with Crippen LogP contribution < -0.4 is 37.2 Å². The fourth-order valence-corrected chi connectivity index (χ4v) is 12.6. The van der Waals surface area contributed by atoms with Gasteiger partial charge in [0.2, 0.25) is 35.3 Å². The highest BCUT2D eigenvalue weighted by atomic mass is 79.9. The number of carboxylic acid groups (broad SMARTS) is 1. The summed E-state index contributed by atoms with van der Waals surface area (Å²) in [6, 6.07) is 35.4. The van der Waals surface area contributed by atoms with Gasteiger partial charge in [-0.15, -0.1) is 20.4 Å². The zero-order valence-corrected chi connectivity index (χ0v) is 54.8. The first-order chi connectivity index (χ1) is 45.3. The molecule has 94 heavy (non-hydrogen) atoms. The second kappa shape index (κ2) is 33.4. The first kappa shape index (κ1) is 68.9. The summed E-state index contributed by atoms with van der Waals surface area (Å²) >= 11 is 3.48. The van der Waals surface area contributed by atoms with Gasteiger partial charge in [-0.25, -0.2) is 9.59 Å². The Morgan fingerprint density at radius 2 is 1.24 bits per heavy atom. The lowest BCUT2D eigenvalue weighted by molar-refractivity contribution is -0.130. The molecule has 0 radical (unpaired) electrons. The van der Waals surface area contributed by atoms with Crippen molar-refractivity contribution in [2.45, 2.75) is 122 Å². The number of aromatic nitrogens is 8. The van der Waals surface area contributed by atoms with E-state index >= 15 is 0 Å². The highest BCUT2D eigenvalue weighted by Crippen LogP contribution is 2.34. The normalized spacial score (nSPS) is 18.0. The minimum Gasteiger partial charge on any atom is -0.465 e. The van der Waals surface area contributed by atoms with Crippen LogP contribution in [-0.4, -0.2) is 150 Å². The maximum atomic E-state index is 14.1. The summed E-state index contributed by atoms with van der Waals surface area (Å²) < 4.78 is 6.21. The van der Waals surface area contributed by atoms with Crippen LogP contribution in [0.5, 0.6) is 0 Å². The van der Waals surface area contributed by atoms with Gasteiger partial charge in [-0.3, -0.25) is 28.9 Å². The van der Waals surface area contributed by atoms with Crippen molar-refractivity contribution in [1.82, 2.24) is 67.4 Å². The molecule has 2 aromatic heterocycles. The average Bonchev–Trinajstić information content (AvgIpc) is 1.32. The summed E-state index contributed by atoms with van der Waals surface area (Å²) in [4.78, 5) is 94.1. The second-order valence-electron chi connectivity index (χ2n) is 25.3. The van der Waals surface area contributed by atoms with Crippen LogP contribution in [0, 0.1) is 23.7 Å². The largest absolute Gasteiger partial charge is 0.465 e. The van der Waals surface area contributed by atoms with Crippen LogP contribution in [0.3, 0.4) is 0 Å². The molecule has 3 heterocycles. The van der Waals surface area contributed by atoms with E-state index in [0.717, 1.165) is 83.2 Å². The Balaban J connectivity index is 0.000000229. The molecule has 496 valence electrons. The summed E-state index contributed by atoms with van der Waals surface area (Å²) in [5.74, 6) is -0.651. The number of H-pyrrole nitrogens is 2. The van der Waals surface area contributed by atoms with Crippen molar-refractivity contribution in [3.63, 3.8) is 0 Å². The average molecular weight is 1350 g/mol. The first-order valence-corrected chi connectivity index (χ1v) is 32.9. The molecular weight excluding hydrogens is 1260 g/mol. The van der Waals surface area contributed by atoms with Crippen molar-refractivity contribution in [3.8, 4) is 33.9 Å². The van der Waals surface area contributed by atoms with E-state index in [2.05, 4.69) is 88.7 Å². The van der Waals surface area contributed by atoms with Crippen molar-refractivity contribution < 1.29 is 43.4 Å². The number of ether oxygens (including phenoxy) is 1. The smallest absolute Gasteiger partial charge is 0.407 e. The molecule has 2 saturated carbocycles. The van der Waals surface area contributed by atoms with Gasteiger partial charge >= 0.3 is 12.2 Å². The first-order valence-electron chi connectivity index (χ1n) is 32.1. The number of hydrogen-bond donors (Lipinski definition) is 9. The molecule has 1 aliphatic heterocycles. The number of likely N-dealkylation sites (tertiary alicyclic amines) is 1. The Bertz CT molecular complexity index is 3620. The van der Waals surface area contributed by atoms with E-state index in [1.54, 1.807) is 53.4 Å². The van der Waals surface area contributed by atoms with Gasteiger partial charge in [0.25, 0.3) is 5.91 Å². The van der Waals surface area contributed by atoms with Crippen LogP contribution in [0.15, 0.2) is 126 Å². The quantitative estimate of drug-likeness (QED) is 0.0289. The van der Waals surface area contributed by atoms with Crippen LogP contribution in [0.2, 0.25) is 0 Å². The number of carbonyl (C=O) groups is 7. The summed E-state index contributed by atoms with van der Waals surface area (Å²) in [5, 5.41) is 51.3. The molecule has 25 nitrogen and oxygen atoms in total. The number of nitrogens with zero attached hydrogens (tertiary/aromatic N) is 8. The molecule has 7 aromatic rings. The SMILES string of the molecule is CC(C)(C)OC(=O)NCC1CCC(C(=O)N(c2ccc(-c3nn[nH]n3)cc2)[C@@H](Cc2cccc(Br)c2)C(N)=O)CC1.O=C(O)NCC1CCC(C(=O)N[C@@H](Cc2cccc(-c3ccc(C(=O)NCCN4CCCCC4)cc3)c2)C(=O)Nc2ccc(-c3nn[nH]n3)cc2)CC1. The molecule has 10 N–H and O–H groups in total. The lowest BCUT2D eigenvalue weighted by Crippen LogP contribution is -2.52. The number of tetrazole rings is 2. The molecular formula is C68H83BrN16O9. The van der Waals surface area contributed by atoms with Gasteiger partial charge in [-0.2, -0.15) is 10.4 Å². The third kappa shape index (κ3) is 20.5. The van der Waals surface area contributed by atoms with E-state index in [4.69, 9.17) is 15.6 Å². The highest BCUT2D eigenvalue weighted by molar-refractivity contribution is 9.10. The Morgan fingerprint density at radius 3 is 1.82 bits per heavy atom. The molecule has 10 rings (SSSR count). The van der Waals surface area contributed by atoms with Crippen LogP contribution in [0.4, 0.5) is 21.0 Å². The number of halogens is 1. The number of benzene rings is 5. The predicted octanol–water partition coefficient (Wildman–Crippen LogP) is 8.88. The topological polar surface area (TPSA) is 351 Å². The third-order valence-corrected chi connectivity index (χ3v) is 17.7. The number of carbonyl (C=O) groups excluding carboxylic acids is 6. The van der Waals surface area contributed by atoms with E-state index in [-0.39, 0.29) is 60.1 Å². The molecule has 5 aromatic carbocycles. The number of nitrogens with two attached hydrogens (primary N) is 1. The Labute approximate surface area is 554 Å². The molecule has 3 fully saturated rings. The fourth-order valence-electron chi connectivity index (χ4n) is 12.2. The Morgan fingerprint density at radius 1 is 0.670 bits per heavy atom. The van der Waals surface area contributed by atoms with Gasteiger partial charge < -0.3 is 47.1 Å². The predicted molar refractivity (Wildman–Crippen MR) is 357 cm³/mol. The maximum absolute atomic E-state index is 14.1. The molecule has 0 bridgehead atoms. The van der Waals surface area contributed by atoms with Crippen molar-refractivity contribution >= 4 is 69.0 Å². The van der Waals surface area contributed by atoms with Crippen molar-refractivity contribution in [2.24, 2.45) is 29.4 Å². The minimum atomic E-state index is -1.05. The highest BCUT2D eigenvalue weighted by Gasteiger charge is 2.37. The van der Waals surface area contributed by atoms with Crippen LogP contribution in [0.1, 0.15) is 113 Å². The number of aromatic amines is 2. The number of primary amides is 1. The number of hydrogen-bond acceptors (Lipinski definition) is 15. The lowest BCUT2D eigenvalue weighted by atomic mass is 9.81. The minimum absolute atomic E-state index is 0.0956. The number of nitrogens with one attached hydrogen (secondary N) is 7. The van der Waals surface area contributed by atoms with Crippen LogP contribution >= 0.6 is 15.9 Å². The molecule has 7 amide bonds. The summed E-state index contributed by atoms with van der Waals surface area (Å²) in [5.41, 5.74) is 12.1. The summed E-state index contributed by atoms with van der Waals surface area (Å²) in [7, 11) is 0. The van der Waals surface area contributed by atoms with Crippen LogP contribution in [-0.2, 0) is 36.8 Å². The lowest BCUT2D eigenvalue weighted by Gasteiger charge is -2.36. The number of amides is 7. The summed E-state index contributed by atoms with van der Waals surface area (Å²) in [6.45, 7) is 9.99. The van der Waals surface area contributed by atoms with E-state index in [0.29, 0.717) is 73.9 Å². The van der Waals surface area contributed by atoms with Gasteiger partial charge in [-0.1, -0.05) is 70.9 Å². The molecule has 0 spiro atoms. The standard InChI is InChI=1S/C39H47N9O5.C29H36BrN7O4/c49-36(40-19-22-48-20-2-1-3-21-48)30-13-11-28(12-14-30)32-6-4-5-27(23-32)24-34(43-37(50)31-9-7-26(8-10-31)25-41-39(52)53)38(51)42-33-17-15-29(16-18-33)35-44-46-47-45-35;1-29(2,3)41-28(40)32-17-18-7-9-21(10-8-18)27(39)37(23-13-11-20(12-14-23)26-33-35-36-34-26)24(25(31)38)16-19-5-4-6-22(30)15-19/h4-6,11-18,23,26,31,34,41H,1-3,7-10,19-22,24-25H2,(H,40,49)(H,42,51)(H,43,50)(H,52,53)(H,44,45,46,47);4-6,11-15,18,21,24H,7-10,16-17H2,1-3H3,(H2,31,38)(H,32,40)(H,33,34,35,36)/t26?,31?,34-;18?,21?,24-/m00/s1. The second-order valence-corrected chi connectivity index (χ2v) is 26.2. The Kier molecular flexibility index (Phi) is 24.5. The molecule has 2 atom stereocenters. The zero-order valence-electron chi connectivity index (χ0n) is 53.2. The summed E-state index contributed by atoms with van der Waals surface area (Å²) in [6.07, 6.45) is 8.24. The van der Waals surface area contributed by atoms with Gasteiger partial charge in [0.15, 0.2) is 0 Å². The van der Waals surface area contributed by atoms with E-state index < -0.39 is 35.8 Å². The number of piperidine rings is 1. The monoisotopic (exact) mass is 1350 g/mol. The molecule has 26 heteroatoms. The van der Waals surface area contributed by atoms with Crippen molar-refractivity contribution in [2.75, 3.05) is 49.5 Å². The molecule has 3 aliphatic rings. The van der Waals surface area contributed by atoms with Crippen LogP contribution in [0.25, 0.3) is 33.9 Å². The Hall–Kier alpha value is -9.43. The van der Waals surface area contributed by atoms with Crippen molar-refractivity contribution in [1.29, 1.82) is 0 Å². The molecule has 0 unspecified atom stereocenters. The van der Waals surface area contributed by atoms with E-state index in [9.17, 15) is 33.6 Å². The third-order valence-electron chi connectivity index (χ3n) is 17.2. The molecule has 2 aliphatic carbocycles. The molecule has 1 saturated heterocycles.